The van der Waals surface area contributed by atoms with E-state index in [0.29, 0.717) is 10.0 Å². The first-order valence-electron chi connectivity index (χ1n) is 4.09. The van der Waals surface area contributed by atoms with Crippen molar-refractivity contribution in [3.05, 3.63) is 33.3 Å². The van der Waals surface area contributed by atoms with Crippen molar-refractivity contribution in [3.8, 4) is 0 Å². The number of ether oxygens (including phenoxy) is 1. The van der Waals surface area contributed by atoms with Crippen LogP contribution in [0.15, 0.2) is 16.6 Å². The number of carboxylic acids is 1. The van der Waals surface area contributed by atoms with Crippen LogP contribution in [0.4, 0.5) is 0 Å². The number of carbonyl (C=O) groups is 2. The van der Waals surface area contributed by atoms with Gasteiger partial charge in [0.05, 0.1) is 18.2 Å². The van der Waals surface area contributed by atoms with Gasteiger partial charge in [-0.05, 0) is 24.6 Å². The standard InChI is InChI=1S/C10H9BrO4/c1-5-7(11)4-3-6(9(12)13)8(5)10(14)15-2/h3-4H,1-2H3,(H,12,13). The predicted molar refractivity (Wildman–Crippen MR) is 57.2 cm³/mol. The lowest BCUT2D eigenvalue weighted by molar-refractivity contribution is 0.0581. The minimum atomic E-state index is -1.15. The van der Waals surface area contributed by atoms with Crippen LogP contribution >= 0.6 is 15.9 Å². The summed E-state index contributed by atoms with van der Waals surface area (Å²) in [5.74, 6) is -1.79. The molecule has 15 heavy (non-hydrogen) atoms. The van der Waals surface area contributed by atoms with Gasteiger partial charge >= 0.3 is 11.9 Å². The monoisotopic (exact) mass is 272 g/mol. The van der Waals surface area contributed by atoms with Crippen LogP contribution < -0.4 is 0 Å². The molecule has 0 amide bonds. The fraction of sp³-hybridized carbons (Fsp3) is 0.200. The zero-order valence-corrected chi connectivity index (χ0v) is 9.79. The summed E-state index contributed by atoms with van der Waals surface area (Å²) in [5, 5.41) is 8.90. The van der Waals surface area contributed by atoms with Crippen molar-refractivity contribution < 1.29 is 19.4 Å². The second-order valence-electron chi connectivity index (χ2n) is 2.89. The minimum Gasteiger partial charge on any atom is -0.478 e. The Morgan fingerprint density at radius 2 is 2.00 bits per heavy atom. The quantitative estimate of drug-likeness (QED) is 0.839. The molecule has 1 aromatic carbocycles. The van der Waals surface area contributed by atoms with Crippen molar-refractivity contribution in [1.82, 2.24) is 0 Å². The van der Waals surface area contributed by atoms with E-state index in [2.05, 4.69) is 20.7 Å². The summed E-state index contributed by atoms with van der Waals surface area (Å²) >= 11 is 3.23. The number of rotatable bonds is 2. The number of benzene rings is 1. The van der Waals surface area contributed by atoms with Gasteiger partial charge in [0, 0.05) is 4.47 Å². The average molecular weight is 273 g/mol. The zero-order chi connectivity index (χ0) is 11.6. The van der Waals surface area contributed by atoms with Gasteiger partial charge in [0.1, 0.15) is 0 Å². The van der Waals surface area contributed by atoms with E-state index >= 15 is 0 Å². The van der Waals surface area contributed by atoms with Gasteiger partial charge in [0.15, 0.2) is 0 Å². The fourth-order valence-electron chi connectivity index (χ4n) is 1.23. The summed E-state index contributed by atoms with van der Waals surface area (Å²) in [7, 11) is 1.22. The molecule has 0 aliphatic heterocycles. The molecule has 0 radical (unpaired) electrons. The molecule has 4 nitrogen and oxygen atoms in total. The molecular weight excluding hydrogens is 264 g/mol. The van der Waals surface area contributed by atoms with Crippen LogP contribution in [0, 0.1) is 6.92 Å². The van der Waals surface area contributed by atoms with Crippen LogP contribution in [0.2, 0.25) is 0 Å². The van der Waals surface area contributed by atoms with Crippen LogP contribution in [0.1, 0.15) is 26.3 Å². The molecule has 5 heteroatoms. The summed E-state index contributed by atoms with van der Waals surface area (Å²) in [4.78, 5) is 22.3. The first kappa shape index (κ1) is 11.7. The maximum atomic E-state index is 11.4. The molecule has 0 saturated heterocycles. The number of hydrogen-bond donors (Lipinski definition) is 1. The van der Waals surface area contributed by atoms with Crippen molar-refractivity contribution in [3.63, 3.8) is 0 Å². The Hall–Kier alpha value is -1.36. The Bertz CT molecular complexity index is 426. The third-order valence-corrected chi connectivity index (χ3v) is 2.88. The van der Waals surface area contributed by atoms with Gasteiger partial charge in [-0.25, -0.2) is 9.59 Å². The van der Waals surface area contributed by atoms with Gasteiger partial charge in [0.25, 0.3) is 0 Å². The normalized spacial score (nSPS) is 9.80. The number of esters is 1. The maximum Gasteiger partial charge on any atom is 0.339 e. The Morgan fingerprint density at radius 3 is 2.47 bits per heavy atom. The first-order valence-corrected chi connectivity index (χ1v) is 4.89. The van der Waals surface area contributed by atoms with E-state index in [0.717, 1.165) is 0 Å². The van der Waals surface area contributed by atoms with Gasteiger partial charge in [-0.2, -0.15) is 0 Å². The van der Waals surface area contributed by atoms with E-state index in [1.54, 1.807) is 13.0 Å². The molecule has 80 valence electrons. The lowest BCUT2D eigenvalue weighted by Crippen LogP contribution is -2.12. The van der Waals surface area contributed by atoms with Crippen molar-refractivity contribution in [2.75, 3.05) is 7.11 Å². The molecule has 0 spiro atoms. The van der Waals surface area contributed by atoms with Gasteiger partial charge < -0.3 is 9.84 Å². The van der Waals surface area contributed by atoms with Crippen molar-refractivity contribution in [1.29, 1.82) is 0 Å². The van der Waals surface area contributed by atoms with Crippen molar-refractivity contribution >= 4 is 27.9 Å². The number of hydrogen-bond acceptors (Lipinski definition) is 3. The number of carbonyl (C=O) groups excluding carboxylic acids is 1. The van der Waals surface area contributed by atoms with E-state index < -0.39 is 11.9 Å². The summed E-state index contributed by atoms with van der Waals surface area (Å²) in [5.41, 5.74) is 0.587. The van der Waals surface area contributed by atoms with Crippen LogP contribution in [0.25, 0.3) is 0 Å². The summed E-state index contributed by atoms with van der Waals surface area (Å²) < 4.78 is 5.21. The highest BCUT2D eigenvalue weighted by molar-refractivity contribution is 9.10. The molecule has 0 bridgehead atoms. The minimum absolute atomic E-state index is 0.0532. The molecule has 1 rings (SSSR count). The van der Waals surface area contributed by atoms with Gasteiger partial charge in [-0.15, -0.1) is 0 Å². The van der Waals surface area contributed by atoms with Crippen LogP contribution in [0.5, 0.6) is 0 Å². The highest BCUT2D eigenvalue weighted by atomic mass is 79.9. The topological polar surface area (TPSA) is 63.6 Å². The SMILES string of the molecule is COC(=O)c1c(C(=O)O)ccc(Br)c1C. The summed E-state index contributed by atoms with van der Waals surface area (Å²) in [6.07, 6.45) is 0. The molecule has 0 aliphatic carbocycles. The molecular formula is C10H9BrO4. The third kappa shape index (κ3) is 2.18. The summed E-state index contributed by atoms with van der Waals surface area (Å²) in [6.45, 7) is 1.66. The van der Waals surface area contributed by atoms with E-state index in [1.165, 1.54) is 13.2 Å². The predicted octanol–water partition coefficient (Wildman–Crippen LogP) is 2.24. The molecule has 0 aliphatic rings. The Morgan fingerprint density at radius 1 is 1.40 bits per heavy atom. The molecule has 0 saturated carbocycles. The maximum absolute atomic E-state index is 11.4. The number of aromatic carboxylic acids is 1. The largest absolute Gasteiger partial charge is 0.478 e. The Kier molecular flexibility index (Phi) is 3.47. The average Bonchev–Trinajstić information content (AvgIpc) is 2.20. The van der Waals surface area contributed by atoms with Gasteiger partial charge in [0.2, 0.25) is 0 Å². The molecule has 0 fully saturated rings. The molecule has 0 heterocycles. The van der Waals surface area contributed by atoms with Crippen LogP contribution in [-0.4, -0.2) is 24.2 Å². The Balaban J connectivity index is 3.48. The third-order valence-electron chi connectivity index (χ3n) is 2.02. The van der Waals surface area contributed by atoms with Crippen molar-refractivity contribution in [2.45, 2.75) is 6.92 Å². The van der Waals surface area contributed by atoms with Gasteiger partial charge in [-0.3, -0.25) is 0 Å². The van der Waals surface area contributed by atoms with Crippen LogP contribution in [0.3, 0.4) is 0 Å². The molecule has 0 aromatic heterocycles. The molecule has 0 atom stereocenters. The molecule has 1 N–H and O–H groups in total. The van der Waals surface area contributed by atoms with Crippen molar-refractivity contribution in [2.24, 2.45) is 0 Å². The lowest BCUT2D eigenvalue weighted by Gasteiger charge is -2.08. The Labute approximate surface area is 95.0 Å². The number of carboxylic acid groups (broad SMARTS) is 1. The highest BCUT2D eigenvalue weighted by Gasteiger charge is 2.20. The second kappa shape index (κ2) is 4.44. The first-order chi connectivity index (χ1) is 6.99. The number of methoxy groups -OCH3 is 1. The van der Waals surface area contributed by atoms with E-state index in [9.17, 15) is 9.59 Å². The number of halogens is 1. The highest BCUT2D eigenvalue weighted by Crippen LogP contribution is 2.23. The van der Waals surface area contributed by atoms with Gasteiger partial charge in [-0.1, -0.05) is 15.9 Å². The second-order valence-corrected chi connectivity index (χ2v) is 3.75. The summed E-state index contributed by atoms with van der Waals surface area (Å²) in [6, 6.07) is 2.96. The molecule has 1 aromatic rings. The van der Waals surface area contributed by atoms with Crippen LogP contribution in [-0.2, 0) is 4.74 Å². The lowest BCUT2D eigenvalue weighted by atomic mass is 10.0. The molecule has 0 unspecified atom stereocenters. The smallest absolute Gasteiger partial charge is 0.339 e. The fourth-order valence-corrected chi connectivity index (χ4v) is 1.56. The zero-order valence-electron chi connectivity index (χ0n) is 8.20. The van der Waals surface area contributed by atoms with E-state index in [1.807, 2.05) is 0 Å². The van der Waals surface area contributed by atoms with E-state index in [-0.39, 0.29) is 11.1 Å². The van der Waals surface area contributed by atoms with E-state index in [4.69, 9.17) is 5.11 Å².